The van der Waals surface area contributed by atoms with E-state index in [2.05, 4.69) is 5.32 Å². The van der Waals surface area contributed by atoms with E-state index in [1.165, 1.54) is 4.90 Å². The summed E-state index contributed by atoms with van der Waals surface area (Å²) in [5.41, 5.74) is 1.41. The van der Waals surface area contributed by atoms with Gasteiger partial charge in [0.15, 0.2) is 0 Å². The van der Waals surface area contributed by atoms with Gasteiger partial charge in [-0.05, 0) is 68.3 Å². The van der Waals surface area contributed by atoms with Crippen LogP contribution in [0.3, 0.4) is 0 Å². The van der Waals surface area contributed by atoms with Gasteiger partial charge in [-0.2, -0.15) is 0 Å². The second-order valence-corrected chi connectivity index (χ2v) is 10.2. The third-order valence-corrected chi connectivity index (χ3v) is 5.46. The average molecular weight is 549 g/mol. The summed E-state index contributed by atoms with van der Waals surface area (Å²) in [6, 6.07) is 23.1. The van der Waals surface area contributed by atoms with Crippen molar-refractivity contribution >= 4 is 18.2 Å². The van der Waals surface area contributed by atoms with Crippen LogP contribution in [0.25, 0.3) is 0 Å². The minimum absolute atomic E-state index is 0.180. The zero-order valence-electron chi connectivity index (χ0n) is 23.5. The number of esters is 1. The maximum absolute atomic E-state index is 12.5. The first kappa shape index (κ1) is 30.0. The molecule has 0 aliphatic carbocycles. The maximum Gasteiger partial charge on any atom is 0.414 e. The fourth-order valence-corrected chi connectivity index (χ4v) is 3.52. The van der Waals surface area contributed by atoms with E-state index < -0.39 is 29.9 Å². The van der Waals surface area contributed by atoms with Gasteiger partial charge in [-0.15, -0.1) is 0 Å². The first-order valence-electron chi connectivity index (χ1n) is 12.9. The molecule has 3 aromatic rings. The van der Waals surface area contributed by atoms with Gasteiger partial charge >= 0.3 is 18.2 Å². The van der Waals surface area contributed by atoms with Gasteiger partial charge in [-0.1, -0.05) is 42.5 Å². The fraction of sp³-hybridized carbons (Fsp3) is 0.323. The van der Waals surface area contributed by atoms with E-state index in [9.17, 15) is 14.4 Å². The molecule has 0 heterocycles. The molecule has 9 nitrogen and oxygen atoms in total. The highest BCUT2D eigenvalue weighted by molar-refractivity contribution is 5.89. The monoisotopic (exact) mass is 548 g/mol. The van der Waals surface area contributed by atoms with E-state index in [4.69, 9.17) is 18.9 Å². The summed E-state index contributed by atoms with van der Waals surface area (Å²) in [6.07, 6.45) is -1.15. The highest BCUT2D eigenvalue weighted by atomic mass is 16.6. The third-order valence-electron chi connectivity index (χ3n) is 5.46. The molecular weight excluding hydrogens is 512 g/mol. The zero-order valence-corrected chi connectivity index (χ0v) is 23.5. The predicted molar refractivity (Wildman–Crippen MR) is 150 cm³/mol. The molecular formula is C31H36N2O7. The maximum atomic E-state index is 12.5. The molecule has 1 unspecified atom stereocenters. The molecule has 0 saturated carbocycles. The van der Waals surface area contributed by atoms with Crippen LogP contribution in [0.2, 0.25) is 0 Å². The summed E-state index contributed by atoms with van der Waals surface area (Å²) >= 11 is 0. The first-order valence-corrected chi connectivity index (χ1v) is 12.9. The molecule has 0 saturated heterocycles. The van der Waals surface area contributed by atoms with Crippen molar-refractivity contribution in [3.63, 3.8) is 0 Å². The van der Waals surface area contributed by atoms with Crippen molar-refractivity contribution in [2.75, 3.05) is 20.6 Å². The minimum Gasteiger partial charge on any atom is -0.486 e. The lowest BCUT2D eigenvalue weighted by atomic mass is 10.1. The van der Waals surface area contributed by atoms with Crippen molar-refractivity contribution in [1.29, 1.82) is 0 Å². The average Bonchev–Trinajstić information content (AvgIpc) is 2.91. The van der Waals surface area contributed by atoms with E-state index in [1.807, 2.05) is 36.4 Å². The molecule has 0 spiro atoms. The lowest BCUT2D eigenvalue weighted by Gasteiger charge is -2.22. The van der Waals surface area contributed by atoms with Crippen molar-refractivity contribution < 1.29 is 33.3 Å². The van der Waals surface area contributed by atoms with Gasteiger partial charge in [0, 0.05) is 27.1 Å². The highest BCUT2D eigenvalue weighted by Gasteiger charge is 2.19. The van der Waals surface area contributed by atoms with Crippen LogP contribution in [0.4, 0.5) is 9.59 Å². The molecule has 0 fully saturated rings. The Labute approximate surface area is 235 Å². The number of benzene rings is 3. The Morgan fingerprint density at radius 2 is 1.57 bits per heavy atom. The van der Waals surface area contributed by atoms with Gasteiger partial charge in [0.05, 0.1) is 5.56 Å². The van der Waals surface area contributed by atoms with Gasteiger partial charge < -0.3 is 29.2 Å². The third kappa shape index (κ3) is 9.98. The summed E-state index contributed by atoms with van der Waals surface area (Å²) in [4.78, 5) is 38.0. The molecule has 0 aromatic heterocycles. The summed E-state index contributed by atoms with van der Waals surface area (Å²) in [5, 5.41) is 2.74. The van der Waals surface area contributed by atoms with E-state index in [0.717, 1.165) is 11.1 Å². The number of alkyl carbamates (subject to hydrolysis) is 1. The molecule has 0 radical (unpaired) electrons. The van der Waals surface area contributed by atoms with Crippen LogP contribution in [0.1, 0.15) is 54.8 Å². The molecule has 1 N–H and O–H groups in total. The van der Waals surface area contributed by atoms with Crippen LogP contribution in [-0.4, -0.2) is 49.3 Å². The van der Waals surface area contributed by atoms with Crippen molar-refractivity contribution in [3.05, 3.63) is 95.6 Å². The fourth-order valence-electron chi connectivity index (χ4n) is 3.52. The summed E-state index contributed by atoms with van der Waals surface area (Å²) in [6.45, 7) is 5.82. The minimum atomic E-state index is -0.616. The van der Waals surface area contributed by atoms with Gasteiger partial charge in [-0.25, -0.2) is 14.4 Å². The molecule has 0 aliphatic heterocycles. The molecule has 0 bridgehead atoms. The van der Waals surface area contributed by atoms with Crippen molar-refractivity contribution in [2.24, 2.45) is 0 Å². The van der Waals surface area contributed by atoms with Crippen LogP contribution in [0.15, 0.2) is 78.9 Å². The lowest BCUT2D eigenvalue weighted by molar-refractivity contribution is 0.0471. The quantitative estimate of drug-likeness (QED) is 0.304. The lowest BCUT2D eigenvalue weighted by Crippen LogP contribution is -2.33. The van der Waals surface area contributed by atoms with Crippen LogP contribution >= 0.6 is 0 Å². The SMILES string of the molecule is CN(C)C(=O)Oc1cccc(C(CCNC(=O)OC(C)(C)C)Oc2ccc(C(=O)OCc3ccccc3)cc2)c1. The van der Waals surface area contributed by atoms with Crippen LogP contribution in [0.5, 0.6) is 11.5 Å². The Bertz CT molecular complexity index is 1270. The van der Waals surface area contributed by atoms with Crippen LogP contribution in [-0.2, 0) is 16.1 Å². The Morgan fingerprint density at radius 3 is 2.23 bits per heavy atom. The van der Waals surface area contributed by atoms with Crippen molar-refractivity contribution in [1.82, 2.24) is 10.2 Å². The van der Waals surface area contributed by atoms with Gasteiger partial charge in [0.25, 0.3) is 0 Å². The molecule has 3 rings (SSSR count). The number of carbonyl (C=O) groups excluding carboxylic acids is 3. The van der Waals surface area contributed by atoms with Crippen LogP contribution in [0, 0.1) is 0 Å². The Morgan fingerprint density at radius 1 is 0.875 bits per heavy atom. The number of carbonyl (C=O) groups is 3. The molecule has 0 aliphatic rings. The molecule has 40 heavy (non-hydrogen) atoms. The summed E-state index contributed by atoms with van der Waals surface area (Å²) < 4.78 is 22.4. The molecule has 2 amide bonds. The number of nitrogens with one attached hydrogen (secondary N) is 1. The van der Waals surface area contributed by atoms with Gasteiger partial charge in [0.1, 0.15) is 29.8 Å². The molecule has 212 valence electrons. The first-order chi connectivity index (χ1) is 19.0. The van der Waals surface area contributed by atoms with Crippen LogP contribution < -0.4 is 14.8 Å². The number of ether oxygens (including phenoxy) is 4. The highest BCUT2D eigenvalue weighted by Crippen LogP contribution is 2.28. The number of amides is 2. The van der Waals surface area contributed by atoms with E-state index in [0.29, 0.717) is 23.5 Å². The number of hydrogen-bond acceptors (Lipinski definition) is 7. The van der Waals surface area contributed by atoms with E-state index in [1.54, 1.807) is 77.3 Å². The van der Waals surface area contributed by atoms with Gasteiger partial charge in [-0.3, -0.25) is 0 Å². The van der Waals surface area contributed by atoms with E-state index in [-0.39, 0.29) is 13.2 Å². The van der Waals surface area contributed by atoms with Crippen molar-refractivity contribution in [2.45, 2.75) is 45.5 Å². The molecule has 3 aromatic carbocycles. The number of nitrogens with zero attached hydrogens (tertiary/aromatic N) is 1. The Kier molecular flexibility index (Phi) is 10.5. The normalized spacial score (nSPS) is 11.6. The second kappa shape index (κ2) is 14.0. The predicted octanol–water partition coefficient (Wildman–Crippen LogP) is 6.14. The zero-order chi connectivity index (χ0) is 29.1. The van der Waals surface area contributed by atoms with Crippen molar-refractivity contribution in [3.8, 4) is 11.5 Å². The topological polar surface area (TPSA) is 103 Å². The summed E-state index contributed by atoms with van der Waals surface area (Å²) in [5.74, 6) is 0.433. The largest absolute Gasteiger partial charge is 0.486 e. The summed E-state index contributed by atoms with van der Waals surface area (Å²) in [7, 11) is 3.20. The molecule has 1 atom stereocenters. The van der Waals surface area contributed by atoms with E-state index >= 15 is 0 Å². The molecule has 9 heteroatoms. The smallest absolute Gasteiger partial charge is 0.414 e. The second-order valence-electron chi connectivity index (χ2n) is 10.2. The van der Waals surface area contributed by atoms with Gasteiger partial charge in [0.2, 0.25) is 0 Å². The number of hydrogen-bond donors (Lipinski definition) is 1. The standard InChI is InChI=1S/C31H36N2O7/c1-31(2,3)40-29(35)32-19-18-27(24-12-9-13-26(20-24)39-30(36)33(4)5)38-25-16-14-23(15-17-25)28(34)37-21-22-10-7-6-8-11-22/h6-17,20,27H,18-19,21H2,1-5H3,(H,32,35). The number of rotatable bonds is 10. The Hall–Kier alpha value is -4.53. The Balaban J connectivity index is 1.70.